The zero-order valence-electron chi connectivity index (χ0n) is 11.9. The van der Waals surface area contributed by atoms with E-state index >= 15 is 0 Å². The van der Waals surface area contributed by atoms with E-state index in [9.17, 15) is 14.0 Å². The van der Waals surface area contributed by atoms with Crippen LogP contribution in [0.15, 0.2) is 30.5 Å². The average Bonchev–Trinajstić information content (AvgIpc) is 3.14. The minimum absolute atomic E-state index is 0.0362. The zero-order chi connectivity index (χ0) is 16.4. The van der Waals surface area contributed by atoms with Gasteiger partial charge >= 0.3 is 5.97 Å². The van der Waals surface area contributed by atoms with Crippen LogP contribution in [0.2, 0.25) is 0 Å². The minimum Gasteiger partial charge on any atom is -0.464 e. The molecule has 0 spiro atoms. The van der Waals surface area contributed by atoms with Crippen molar-refractivity contribution in [3.63, 3.8) is 0 Å². The quantitative estimate of drug-likeness (QED) is 0.738. The summed E-state index contributed by atoms with van der Waals surface area (Å²) in [4.78, 5) is 23.6. The highest BCUT2D eigenvalue weighted by atomic mass is 32.1. The molecule has 7 nitrogen and oxygen atoms in total. The number of fused-ring (bicyclic) bond motifs is 1. The van der Waals surface area contributed by atoms with Crippen LogP contribution in [-0.2, 0) is 16.1 Å². The third-order valence-electron chi connectivity index (χ3n) is 3.17. The van der Waals surface area contributed by atoms with Gasteiger partial charge in [0.2, 0.25) is 11.6 Å². The van der Waals surface area contributed by atoms with E-state index < -0.39 is 5.97 Å². The molecule has 23 heavy (non-hydrogen) atoms. The van der Waals surface area contributed by atoms with Gasteiger partial charge in [0, 0.05) is 17.7 Å². The van der Waals surface area contributed by atoms with Gasteiger partial charge < -0.3 is 14.6 Å². The van der Waals surface area contributed by atoms with Crippen LogP contribution in [0.3, 0.4) is 0 Å². The van der Waals surface area contributed by atoms with Crippen LogP contribution < -0.4 is 5.32 Å². The molecule has 1 N–H and O–H groups in total. The predicted molar refractivity (Wildman–Crippen MR) is 81.8 cm³/mol. The van der Waals surface area contributed by atoms with E-state index in [0.29, 0.717) is 5.52 Å². The molecular formula is C14H11FN4O3S. The first kappa shape index (κ1) is 15.1. The number of methoxy groups -OCH3 is 1. The van der Waals surface area contributed by atoms with Gasteiger partial charge in [0.1, 0.15) is 12.4 Å². The Balaban J connectivity index is 1.78. The molecule has 0 unspecified atom stereocenters. The maximum atomic E-state index is 13.3. The fraction of sp³-hybridized carbons (Fsp3) is 0.143. The van der Waals surface area contributed by atoms with Gasteiger partial charge in [-0.1, -0.05) is 4.49 Å². The Morgan fingerprint density at radius 1 is 1.39 bits per heavy atom. The molecule has 0 atom stereocenters. The van der Waals surface area contributed by atoms with Crippen molar-refractivity contribution in [2.75, 3.05) is 12.4 Å². The molecule has 1 aromatic carbocycles. The maximum absolute atomic E-state index is 13.3. The third-order valence-corrected chi connectivity index (χ3v) is 3.81. The Morgan fingerprint density at radius 3 is 3.00 bits per heavy atom. The number of anilines is 1. The lowest BCUT2D eigenvalue weighted by atomic mass is 10.2. The summed E-state index contributed by atoms with van der Waals surface area (Å²) in [5.74, 6) is -1.44. The molecule has 2 heterocycles. The second-order valence-corrected chi connectivity index (χ2v) is 5.39. The van der Waals surface area contributed by atoms with Gasteiger partial charge in [-0.15, -0.1) is 5.10 Å². The van der Waals surface area contributed by atoms with Crippen LogP contribution in [0.4, 0.5) is 9.39 Å². The van der Waals surface area contributed by atoms with Crippen molar-refractivity contribution in [3.8, 4) is 0 Å². The van der Waals surface area contributed by atoms with Crippen molar-refractivity contribution < 1.29 is 18.7 Å². The summed E-state index contributed by atoms with van der Waals surface area (Å²) in [5.41, 5.74) is 0.560. The lowest BCUT2D eigenvalue weighted by Crippen LogP contribution is -2.19. The number of hydrogen-bond acceptors (Lipinski definition) is 6. The molecular weight excluding hydrogens is 323 g/mol. The number of carbonyl (C=O) groups is 2. The molecule has 1 amide bonds. The predicted octanol–water partition coefficient (Wildman–Crippen LogP) is 2.06. The first-order chi connectivity index (χ1) is 11.1. The molecule has 0 aliphatic carbocycles. The van der Waals surface area contributed by atoms with Crippen LogP contribution >= 0.6 is 11.5 Å². The molecule has 2 aromatic heterocycles. The highest BCUT2D eigenvalue weighted by Crippen LogP contribution is 2.20. The second kappa shape index (κ2) is 6.13. The van der Waals surface area contributed by atoms with Crippen molar-refractivity contribution in [2.45, 2.75) is 6.54 Å². The average molecular weight is 334 g/mol. The Hall–Kier alpha value is -2.81. The van der Waals surface area contributed by atoms with Crippen molar-refractivity contribution in [1.82, 2.24) is 14.2 Å². The molecule has 3 rings (SSSR count). The number of ether oxygens (including phenoxy) is 1. The van der Waals surface area contributed by atoms with Gasteiger partial charge in [0.05, 0.1) is 12.6 Å². The highest BCUT2D eigenvalue weighted by Gasteiger charge is 2.19. The van der Waals surface area contributed by atoms with Crippen LogP contribution in [0.5, 0.6) is 0 Å². The lowest BCUT2D eigenvalue weighted by Gasteiger charge is -2.06. The number of aromatic nitrogens is 3. The topological polar surface area (TPSA) is 86.1 Å². The summed E-state index contributed by atoms with van der Waals surface area (Å²) in [5, 5.41) is 7.22. The van der Waals surface area contributed by atoms with E-state index in [1.807, 2.05) is 0 Å². The molecule has 3 aromatic rings. The van der Waals surface area contributed by atoms with Gasteiger partial charge in [0.15, 0.2) is 5.00 Å². The van der Waals surface area contributed by atoms with Crippen LogP contribution in [-0.4, -0.2) is 33.1 Å². The van der Waals surface area contributed by atoms with E-state index in [-0.39, 0.29) is 29.0 Å². The zero-order valence-corrected chi connectivity index (χ0v) is 12.8. The van der Waals surface area contributed by atoms with Crippen molar-refractivity contribution in [2.24, 2.45) is 0 Å². The normalized spacial score (nSPS) is 10.7. The smallest absolute Gasteiger partial charge is 0.361 e. The Kier molecular flexibility index (Phi) is 4.02. The molecule has 0 aliphatic rings. The molecule has 0 bridgehead atoms. The monoisotopic (exact) mass is 334 g/mol. The molecule has 0 saturated heterocycles. The largest absolute Gasteiger partial charge is 0.464 e. The van der Waals surface area contributed by atoms with E-state index in [1.165, 1.54) is 19.2 Å². The number of hydrogen-bond donors (Lipinski definition) is 1. The number of rotatable bonds is 4. The van der Waals surface area contributed by atoms with Crippen LogP contribution in [0.25, 0.3) is 10.9 Å². The van der Waals surface area contributed by atoms with Gasteiger partial charge in [0.25, 0.3) is 0 Å². The minimum atomic E-state index is -0.678. The van der Waals surface area contributed by atoms with Crippen molar-refractivity contribution in [3.05, 3.63) is 42.0 Å². The Labute approximate surface area is 133 Å². The van der Waals surface area contributed by atoms with Crippen LogP contribution in [0.1, 0.15) is 10.5 Å². The SMILES string of the molecule is COC(=O)c1nnsc1NC(=O)Cn1ccc2ccc(F)cc21. The molecule has 0 radical (unpaired) electrons. The van der Waals surface area contributed by atoms with Crippen molar-refractivity contribution >= 4 is 39.3 Å². The van der Waals surface area contributed by atoms with Gasteiger partial charge in [-0.25, -0.2) is 9.18 Å². The summed E-state index contributed by atoms with van der Waals surface area (Å²) < 4.78 is 23.1. The van der Waals surface area contributed by atoms with Crippen LogP contribution in [0, 0.1) is 5.82 Å². The number of halogens is 1. The molecule has 0 aliphatic heterocycles. The summed E-state index contributed by atoms with van der Waals surface area (Å²) in [7, 11) is 1.22. The number of nitrogens with zero attached hydrogens (tertiary/aromatic N) is 3. The Morgan fingerprint density at radius 2 is 2.22 bits per heavy atom. The van der Waals surface area contributed by atoms with E-state index in [0.717, 1.165) is 16.9 Å². The molecule has 9 heteroatoms. The second-order valence-electron chi connectivity index (χ2n) is 4.64. The van der Waals surface area contributed by atoms with Gasteiger partial charge in [-0.3, -0.25) is 4.79 Å². The number of esters is 1. The summed E-state index contributed by atoms with van der Waals surface area (Å²) >= 11 is 0.877. The third kappa shape index (κ3) is 3.04. The highest BCUT2D eigenvalue weighted by molar-refractivity contribution is 7.10. The maximum Gasteiger partial charge on any atom is 0.361 e. The Bertz CT molecular complexity index is 889. The standard InChI is InChI=1S/C14H11FN4O3S/c1-22-14(21)12-13(23-18-17-12)16-11(20)7-19-5-4-8-2-3-9(15)6-10(8)19/h2-6H,7H2,1H3,(H,16,20). The summed E-state index contributed by atoms with van der Waals surface area (Å²) in [6.07, 6.45) is 1.69. The molecule has 0 fully saturated rings. The van der Waals surface area contributed by atoms with Gasteiger partial charge in [-0.2, -0.15) is 0 Å². The summed E-state index contributed by atoms with van der Waals surface area (Å²) in [6.45, 7) is -0.0362. The van der Waals surface area contributed by atoms with Gasteiger partial charge in [-0.05, 0) is 29.7 Å². The fourth-order valence-corrected chi connectivity index (χ4v) is 2.69. The van der Waals surface area contributed by atoms with Crippen molar-refractivity contribution in [1.29, 1.82) is 0 Å². The molecule has 118 valence electrons. The summed E-state index contributed by atoms with van der Waals surface area (Å²) in [6, 6.07) is 6.15. The van der Waals surface area contributed by atoms with E-state index in [4.69, 9.17) is 0 Å². The number of nitrogens with one attached hydrogen (secondary N) is 1. The first-order valence-electron chi connectivity index (χ1n) is 6.53. The number of carbonyl (C=O) groups excluding carboxylic acids is 2. The number of amides is 1. The fourth-order valence-electron chi connectivity index (χ4n) is 2.12. The molecule has 0 saturated carbocycles. The van der Waals surface area contributed by atoms with E-state index in [2.05, 4.69) is 19.6 Å². The lowest BCUT2D eigenvalue weighted by molar-refractivity contribution is -0.116. The van der Waals surface area contributed by atoms with E-state index in [1.54, 1.807) is 22.9 Å². The number of benzene rings is 1. The first-order valence-corrected chi connectivity index (χ1v) is 7.30.